The van der Waals surface area contributed by atoms with Crippen LogP contribution in [0.2, 0.25) is 0 Å². The molecule has 6 heteroatoms. The summed E-state index contributed by atoms with van der Waals surface area (Å²) in [5.41, 5.74) is 1.12. The number of rotatable bonds is 6. The van der Waals surface area contributed by atoms with Gasteiger partial charge in [-0.3, -0.25) is 0 Å². The van der Waals surface area contributed by atoms with Crippen LogP contribution in [-0.2, 0) is 12.3 Å². The summed E-state index contributed by atoms with van der Waals surface area (Å²) in [6, 6.07) is 5.99. The highest BCUT2D eigenvalue weighted by molar-refractivity contribution is 9.10. The third-order valence-corrected chi connectivity index (χ3v) is 4.32. The van der Waals surface area contributed by atoms with E-state index in [2.05, 4.69) is 38.8 Å². The van der Waals surface area contributed by atoms with Crippen molar-refractivity contribution in [1.29, 1.82) is 0 Å². The van der Waals surface area contributed by atoms with Gasteiger partial charge in [-0.15, -0.1) is 16.8 Å². The van der Waals surface area contributed by atoms with E-state index in [0.29, 0.717) is 0 Å². The van der Waals surface area contributed by atoms with Crippen LogP contribution in [0.25, 0.3) is 0 Å². The van der Waals surface area contributed by atoms with E-state index in [1.54, 1.807) is 18.9 Å². The molecule has 4 nitrogen and oxygen atoms in total. The van der Waals surface area contributed by atoms with E-state index in [1.807, 2.05) is 29.7 Å². The second kappa shape index (κ2) is 6.95. The number of allylic oxidation sites excluding steroid dienone is 1. The summed E-state index contributed by atoms with van der Waals surface area (Å²) in [7, 11) is 1.68. The standard InChI is InChI=1S/C14H16BrN3OS/c1-4-7-18-10(2)16-17-14(18)20-9-11-8-12(15)5-6-13(11)19-3/h4-6,8H,1,7,9H2,2-3H3. The van der Waals surface area contributed by atoms with Gasteiger partial charge < -0.3 is 9.30 Å². The predicted molar refractivity (Wildman–Crippen MR) is 85.2 cm³/mol. The number of nitrogens with zero attached hydrogens (tertiary/aromatic N) is 3. The van der Waals surface area contributed by atoms with Crippen molar-refractivity contribution < 1.29 is 4.74 Å². The van der Waals surface area contributed by atoms with E-state index in [0.717, 1.165) is 39.1 Å². The summed E-state index contributed by atoms with van der Waals surface area (Å²) in [6.45, 7) is 6.43. The minimum Gasteiger partial charge on any atom is -0.496 e. The van der Waals surface area contributed by atoms with Crippen molar-refractivity contribution in [2.24, 2.45) is 0 Å². The molecule has 1 heterocycles. The van der Waals surface area contributed by atoms with Crippen molar-refractivity contribution in [2.75, 3.05) is 7.11 Å². The Balaban J connectivity index is 2.16. The Kier molecular flexibility index (Phi) is 5.25. The van der Waals surface area contributed by atoms with Crippen molar-refractivity contribution in [1.82, 2.24) is 14.8 Å². The first kappa shape index (κ1) is 15.1. The maximum absolute atomic E-state index is 5.38. The highest BCUT2D eigenvalue weighted by atomic mass is 79.9. The van der Waals surface area contributed by atoms with Gasteiger partial charge in [0.2, 0.25) is 0 Å². The fourth-order valence-electron chi connectivity index (χ4n) is 1.81. The molecular formula is C14H16BrN3OS. The molecule has 0 saturated carbocycles. The zero-order valence-electron chi connectivity index (χ0n) is 11.5. The van der Waals surface area contributed by atoms with E-state index < -0.39 is 0 Å². The highest BCUT2D eigenvalue weighted by Crippen LogP contribution is 2.29. The third kappa shape index (κ3) is 3.43. The molecule has 0 aliphatic rings. The van der Waals surface area contributed by atoms with Crippen LogP contribution in [-0.4, -0.2) is 21.9 Å². The molecular weight excluding hydrogens is 338 g/mol. The summed E-state index contributed by atoms with van der Waals surface area (Å²) >= 11 is 5.12. The zero-order valence-corrected chi connectivity index (χ0v) is 13.9. The van der Waals surface area contributed by atoms with Gasteiger partial charge in [-0.25, -0.2) is 0 Å². The number of aryl methyl sites for hydroxylation is 1. The Bertz CT molecular complexity index is 612. The second-order valence-corrected chi connectivity index (χ2v) is 6.03. The van der Waals surface area contributed by atoms with Gasteiger partial charge >= 0.3 is 0 Å². The first-order chi connectivity index (χ1) is 9.65. The number of aromatic nitrogens is 3. The molecule has 0 saturated heterocycles. The van der Waals surface area contributed by atoms with Gasteiger partial charge in [-0.2, -0.15) is 0 Å². The van der Waals surface area contributed by atoms with Crippen LogP contribution >= 0.6 is 27.7 Å². The average Bonchev–Trinajstić information content (AvgIpc) is 2.78. The van der Waals surface area contributed by atoms with Crippen LogP contribution in [0.4, 0.5) is 0 Å². The van der Waals surface area contributed by atoms with Crippen LogP contribution in [0.3, 0.4) is 0 Å². The van der Waals surface area contributed by atoms with Crippen molar-refractivity contribution in [3.63, 3.8) is 0 Å². The molecule has 0 unspecified atom stereocenters. The Labute approximate surface area is 131 Å². The number of hydrogen-bond donors (Lipinski definition) is 0. The van der Waals surface area contributed by atoms with E-state index >= 15 is 0 Å². The lowest BCUT2D eigenvalue weighted by Crippen LogP contribution is -2.00. The molecule has 1 aromatic heterocycles. The van der Waals surface area contributed by atoms with E-state index in [9.17, 15) is 0 Å². The molecule has 0 atom stereocenters. The minimum absolute atomic E-state index is 0.719. The molecule has 2 aromatic rings. The Morgan fingerprint density at radius 2 is 2.25 bits per heavy atom. The smallest absolute Gasteiger partial charge is 0.191 e. The Hall–Kier alpha value is -1.27. The van der Waals surface area contributed by atoms with Crippen LogP contribution in [0.1, 0.15) is 11.4 Å². The third-order valence-electron chi connectivity index (χ3n) is 2.81. The SMILES string of the molecule is C=CCn1c(C)nnc1SCc1cc(Br)ccc1OC. The Morgan fingerprint density at radius 3 is 2.95 bits per heavy atom. The first-order valence-electron chi connectivity index (χ1n) is 6.11. The first-order valence-corrected chi connectivity index (χ1v) is 7.89. The molecule has 20 heavy (non-hydrogen) atoms. The fraction of sp³-hybridized carbons (Fsp3) is 0.286. The molecule has 106 valence electrons. The summed E-state index contributed by atoms with van der Waals surface area (Å²) in [4.78, 5) is 0. The van der Waals surface area contributed by atoms with E-state index in [4.69, 9.17) is 4.74 Å². The van der Waals surface area contributed by atoms with Gasteiger partial charge in [-0.1, -0.05) is 33.8 Å². The molecule has 0 bridgehead atoms. The maximum Gasteiger partial charge on any atom is 0.191 e. The van der Waals surface area contributed by atoms with Crippen LogP contribution < -0.4 is 4.74 Å². The fourth-order valence-corrected chi connectivity index (χ4v) is 3.19. The molecule has 0 aliphatic carbocycles. The summed E-state index contributed by atoms with van der Waals surface area (Å²) in [5, 5.41) is 9.21. The normalized spacial score (nSPS) is 10.6. The van der Waals surface area contributed by atoms with Crippen molar-refractivity contribution in [3.05, 3.63) is 46.7 Å². The van der Waals surface area contributed by atoms with Crippen LogP contribution in [0.15, 0.2) is 40.5 Å². The van der Waals surface area contributed by atoms with Crippen molar-refractivity contribution >= 4 is 27.7 Å². The lowest BCUT2D eigenvalue weighted by atomic mass is 10.2. The molecule has 0 amide bonds. The van der Waals surface area contributed by atoms with Gasteiger partial charge in [0.15, 0.2) is 5.16 Å². The molecule has 0 aliphatic heterocycles. The van der Waals surface area contributed by atoms with Gasteiger partial charge in [0.05, 0.1) is 7.11 Å². The molecule has 0 N–H and O–H groups in total. The quantitative estimate of drug-likeness (QED) is 0.584. The summed E-state index contributed by atoms with van der Waals surface area (Å²) in [6.07, 6.45) is 1.85. The molecule has 1 aromatic carbocycles. The van der Waals surface area contributed by atoms with Crippen molar-refractivity contribution in [2.45, 2.75) is 24.4 Å². The molecule has 0 radical (unpaired) electrons. The van der Waals surface area contributed by atoms with Crippen molar-refractivity contribution in [3.8, 4) is 5.75 Å². The van der Waals surface area contributed by atoms with E-state index in [-0.39, 0.29) is 0 Å². The highest BCUT2D eigenvalue weighted by Gasteiger charge is 2.10. The van der Waals surface area contributed by atoms with Gasteiger partial charge in [0.25, 0.3) is 0 Å². The zero-order chi connectivity index (χ0) is 14.5. The monoisotopic (exact) mass is 353 g/mol. The number of benzene rings is 1. The number of ether oxygens (including phenoxy) is 1. The van der Waals surface area contributed by atoms with Crippen LogP contribution in [0.5, 0.6) is 5.75 Å². The predicted octanol–water partition coefficient (Wildman–Crippen LogP) is 3.84. The second-order valence-electron chi connectivity index (χ2n) is 4.17. The lowest BCUT2D eigenvalue weighted by molar-refractivity contribution is 0.411. The topological polar surface area (TPSA) is 39.9 Å². The van der Waals surface area contributed by atoms with Crippen LogP contribution in [0, 0.1) is 6.92 Å². The summed E-state index contributed by atoms with van der Waals surface area (Å²) < 4.78 is 8.46. The summed E-state index contributed by atoms with van der Waals surface area (Å²) in [5.74, 6) is 2.55. The molecule has 0 fully saturated rings. The lowest BCUT2D eigenvalue weighted by Gasteiger charge is -2.09. The molecule has 2 rings (SSSR count). The largest absolute Gasteiger partial charge is 0.496 e. The Morgan fingerprint density at radius 1 is 1.45 bits per heavy atom. The van der Waals surface area contributed by atoms with Gasteiger partial charge in [-0.05, 0) is 25.1 Å². The van der Waals surface area contributed by atoms with E-state index in [1.165, 1.54) is 0 Å². The van der Waals surface area contributed by atoms with Gasteiger partial charge in [0.1, 0.15) is 11.6 Å². The molecule has 0 spiro atoms. The van der Waals surface area contributed by atoms with Gasteiger partial charge in [0, 0.05) is 22.3 Å². The number of thioether (sulfide) groups is 1. The number of methoxy groups -OCH3 is 1. The number of hydrogen-bond acceptors (Lipinski definition) is 4. The average molecular weight is 354 g/mol. The maximum atomic E-state index is 5.38. The minimum atomic E-state index is 0.719. The number of halogens is 1.